The Morgan fingerprint density at radius 2 is 1.95 bits per heavy atom. The van der Waals surface area contributed by atoms with Gasteiger partial charge in [0.25, 0.3) is 0 Å². The van der Waals surface area contributed by atoms with Gasteiger partial charge < -0.3 is 10.2 Å². The Hall–Kier alpha value is -0.170. The van der Waals surface area contributed by atoms with Crippen molar-refractivity contribution in [2.24, 2.45) is 0 Å². The van der Waals surface area contributed by atoms with E-state index in [2.05, 4.69) is 24.1 Å². The largest absolute Gasteiger partial charge is 0.315 e. The van der Waals surface area contributed by atoms with Crippen molar-refractivity contribution in [2.75, 3.05) is 39.0 Å². The normalized spacial score (nSPS) is 23.1. The molecule has 19 heavy (non-hydrogen) atoms. The van der Waals surface area contributed by atoms with Crippen LogP contribution in [0, 0.1) is 0 Å². The summed E-state index contributed by atoms with van der Waals surface area (Å²) in [5, 5.41) is 3.31. The summed E-state index contributed by atoms with van der Waals surface area (Å²) in [4.78, 5) is 2.18. The maximum absolute atomic E-state index is 12.3. The predicted octanol–water partition coefficient (Wildman–Crippen LogP) is 0.730. The standard InChI is InChI=1S/C13H29N3O2S/c1-12(2)14-7-5-6-10-19(17,18)16-9-8-15(4)11-13(16)3/h12-14H,5-11H2,1-4H3. The SMILES string of the molecule is CC(C)NCCCCS(=O)(=O)N1CCN(C)CC1C. The van der Waals surface area contributed by atoms with Gasteiger partial charge in [0.1, 0.15) is 0 Å². The van der Waals surface area contributed by atoms with E-state index in [1.54, 1.807) is 4.31 Å². The molecule has 0 amide bonds. The molecule has 0 radical (unpaired) electrons. The molecule has 0 aromatic carbocycles. The van der Waals surface area contributed by atoms with Crippen molar-refractivity contribution in [3.8, 4) is 0 Å². The van der Waals surface area contributed by atoms with Crippen LogP contribution in [0.2, 0.25) is 0 Å². The average molecular weight is 291 g/mol. The summed E-state index contributed by atoms with van der Waals surface area (Å²) in [5.41, 5.74) is 0. The lowest BCUT2D eigenvalue weighted by Gasteiger charge is -2.37. The van der Waals surface area contributed by atoms with Crippen LogP contribution in [0.1, 0.15) is 33.6 Å². The van der Waals surface area contributed by atoms with E-state index < -0.39 is 10.0 Å². The van der Waals surface area contributed by atoms with E-state index in [1.165, 1.54) is 0 Å². The van der Waals surface area contributed by atoms with Gasteiger partial charge in [0, 0.05) is 31.7 Å². The molecule has 1 unspecified atom stereocenters. The second-order valence-corrected chi connectivity index (χ2v) is 7.90. The van der Waals surface area contributed by atoms with Crippen molar-refractivity contribution < 1.29 is 8.42 Å². The topological polar surface area (TPSA) is 52.7 Å². The van der Waals surface area contributed by atoms with Crippen LogP contribution in [-0.2, 0) is 10.0 Å². The van der Waals surface area contributed by atoms with Gasteiger partial charge in [0.15, 0.2) is 0 Å². The molecule has 1 atom stereocenters. The minimum absolute atomic E-state index is 0.0949. The van der Waals surface area contributed by atoms with E-state index in [9.17, 15) is 8.42 Å². The molecule has 0 aromatic heterocycles. The molecule has 1 aliphatic rings. The van der Waals surface area contributed by atoms with E-state index in [-0.39, 0.29) is 11.8 Å². The number of piperazine rings is 1. The fourth-order valence-electron chi connectivity index (χ4n) is 2.45. The van der Waals surface area contributed by atoms with Gasteiger partial charge in [0.2, 0.25) is 10.0 Å². The molecule has 6 heteroatoms. The first-order valence-corrected chi connectivity index (χ1v) is 8.85. The predicted molar refractivity (Wildman–Crippen MR) is 79.8 cm³/mol. The van der Waals surface area contributed by atoms with Gasteiger partial charge in [-0.05, 0) is 33.4 Å². The molecule has 0 aromatic rings. The van der Waals surface area contributed by atoms with Crippen LogP contribution in [0.5, 0.6) is 0 Å². The molecule has 1 aliphatic heterocycles. The highest BCUT2D eigenvalue weighted by Crippen LogP contribution is 2.14. The van der Waals surface area contributed by atoms with Crippen LogP contribution in [0.15, 0.2) is 0 Å². The van der Waals surface area contributed by atoms with E-state index in [1.807, 2.05) is 14.0 Å². The molecule has 0 saturated carbocycles. The molecule has 5 nitrogen and oxygen atoms in total. The van der Waals surface area contributed by atoms with Gasteiger partial charge in [0.05, 0.1) is 5.75 Å². The third-order valence-electron chi connectivity index (χ3n) is 3.51. The summed E-state index contributed by atoms with van der Waals surface area (Å²) in [6.45, 7) is 9.38. The minimum Gasteiger partial charge on any atom is -0.315 e. The lowest BCUT2D eigenvalue weighted by molar-refractivity contribution is 0.170. The molecular formula is C13H29N3O2S. The summed E-state index contributed by atoms with van der Waals surface area (Å²) in [5.74, 6) is 0.279. The van der Waals surface area contributed by atoms with Gasteiger partial charge >= 0.3 is 0 Å². The maximum atomic E-state index is 12.3. The third kappa shape index (κ3) is 5.77. The molecule has 1 rings (SSSR count). The van der Waals surface area contributed by atoms with Crippen LogP contribution in [-0.4, -0.2) is 68.7 Å². The van der Waals surface area contributed by atoms with Crippen LogP contribution >= 0.6 is 0 Å². The number of unbranched alkanes of at least 4 members (excludes halogenated alkanes) is 1. The zero-order valence-electron chi connectivity index (χ0n) is 12.7. The fourth-order valence-corrected chi connectivity index (χ4v) is 4.23. The molecule has 1 N–H and O–H groups in total. The maximum Gasteiger partial charge on any atom is 0.214 e. The first-order valence-electron chi connectivity index (χ1n) is 7.24. The highest BCUT2D eigenvalue weighted by molar-refractivity contribution is 7.89. The molecule has 0 spiro atoms. The monoisotopic (exact) mass is 291 g/mol. The molecule has 0 bridgehead atoms. The van der Waals surface area contributed by atoms with Crippen molar-refractivity contribution in [3.63, 3.8) is 0 Å². The second-order valence-electron chi connectivity index (χ2n) is 5.85. The van der Waals surface area contributed by atoms with Crippen molar-refractivity contribution in [2.45, 2.75) is 45.7 Å². The first-order chi connectivity index (χ1) is 8.83. The summed E-state index contributed by atoms with van der Waals surface area (Å²) in [6, 6.07) is 0.562. The quantitative estimate of drug-likeness (QED) is 0.703. The zero-order valence-corrected chi connectivity index (χ0v) is 13.5. The summed E-state index contributed by atoms with van der Waals surface area (Å²) >= 11 is 0. The lowest BCUT2D eigenvalue weighted by Crippen LogP contribution is -2.53. The minimum atomic E-state index is -3.08. The van der Waals surface area contributed by atoms with Gasteiger partial charge in [-0.2, -0.15) is 4.31 Å². The van der Waals surface area contributed by atoms with E-state index in [0.717, 1.165) is 32.5 Å². The molecule has 114 valence electrons. The van der Waals surface area contributed by atoms with Gasteiger partial charge in [-0.15, -0.1) is 0 Å². The van der Waals surface area contributed by atoms with E-state index >= 15 is 0 Å². The highest BCUT2D eigenvalue weighted by atomic mass is 32.2. The molecule has 1 heterocycles. The van der Waals surface area contributed by atoms with Gasteiger partial charge in [-0.25, -0.2) is 8.42 Å². The molecule has 0 aliphatic carbocycles. The number of hydrogen-bond acceptors (Lipinski definition) is 4. The fraction of sp³-hybridized carbons (Fsp3) is 1.00. The number of sulfonamides is 1. The first kappa shape index (κ1) is 16.9. The summed E-state index contributed by atoms with van der Waals surface area (Å²) in [6.07, 6.45) is 1.65. The third-order valence-corrected chi connectivity index (χ3v) is 5.57. The van der Waals surface area contributed by atoms with Gasteiger partial charge in [-0.1, -0.05) is 13.8 Å². The summed E-state index contributed by atoms with van der Waals surface area (Å²) in [7, 11) is -1.04. The number of hydrogen-bond donors (Lipinski definition) is 1. The van der Waals surface area contributed by atoms with Crippen LogP contribution in [0.3, 0.4) is 0 Å². The molecule has 1 fully saturated rings. The van der Waals surface area contributed by atoms with Crippen molar-refractivity contribution in [1.82, 2.24) is 14.5 Å². The van der Waals surface area contributed by atoms with Crippen molar-refractivity contribution >= 4 is 10.0 Å². The highest BCUT2D eigenvalue weighted by Gasteiger charge is 2.30. The Labute approximate surface area is 118 Å². The van der Waals surface area contributed by atoms with Gasteiger partial charge in [-0.3, -0.25) is 0 Å². The second kappa shape index (κ2) is 7.57. The molecule has 1 saturated heterocycles. The Kier molecular flexibility index (Phi) is 6.73. The Balaban J connectivity index is 2.35. The Morgan fingerprint density at radius 3 is 2.53 bits per heavy atom. The lowest BCUT2D eigenvalue weighted by atomic mass is 10.2. The smallest absolute Gasteiger partial charge is 0.214 e. The van der Waals surface area contributed by atoms with Crippen molar-refractivity contribution in [1.29, 1.82) is 0 Å². The number of nitrogens with zero attached hydrogens (tertiary/aromatic N) is 2. The van der Waals surface area contributed by atoms with E-state index in [0.29, 0.717) is 12.6 Å². The summed E-state index contributed by atoms with van der Waals surface area (Å²) < 4.78 is 26.3. The van der Waals surface area contributed by atoms with E-state index in [4.69, 9.17) is 0 Å². The Bertz CT molecular complexity index is 357. The van der Waals surface area contributed by atoms with Crippen molar-refractivity contribution in [3.05, 3.63) is 0 Å². The number of nitrogens with one attached hydrogen (secondary N) is 1. The molecular weight excluding hydrogens is 262 g/mol. The van der Waals surface area contributed by atoms with Crippen LogP contribution < -0.4 is 5.32 Å². The number of rotatable bonds is 7. The average Bonchev–Trinajstić information content (AvgIpc) is 2.27. The zero-order chi connectivity index (χ0) is 14.5. The van der Waals surface area contributed by atoms with Crippen LogP contribution in [0.4, 0.5) is 0 Å². The number of likely N-dealkylation sites (N-methyl/N-ethyl adjacent to an activating group) is 1. The Morgan fingerprint density at radius 1 is 1.26 bits per heavy atom. The van der Waals surface area contributed by atoms with Crippen LogP contribution in [0.25, 0.3) is 0 Å².